The van der Waals surface area contributed by atoms with Gasteiger partial charge in [0.1, 0.15) is 5.76 Å². The predicted octanol–water partition coefficient (Wildman–Crippen LogP) is 2.55. The average molecular weight is 266 g/mol. The number of rotatable bonds is 6. The summed E-state index contributed by atoms with van der Waals surface area (Å²) in [6.07, 6.45) is 1.28. The number of hydrogen-bond donors (Lipinski definition) is 0. The minimum atomic E-state index is -0.443. The van der Waals surface area contributed by atoms with Gasteiger partial charge in [-0.2, -0.15) is 0 Å². The van der Waals surface area contributed by atoms with Crippen molar-refractivity contribution in [2.45, 2.75) is 13.8 Å². The zero-order valence-electron chi connectivity index (χ0n) is 11.6. The van der Waals surface area contributed by atoms with Crippen LogP contribution in [0.25, 0.3) is 0 Å². The van der Waals surface area contributed by atoms with Crippen molar-refractivity contribution < 1.29 is 23.7 Å². The number of hydrogen-bond acceptors (Lipinski definition) is 5. The lowest BCUT2D eigenvalue weighted by molar-refractivity contribution is -0.137. The number of carbonyl (C=O) groups is 1. The maximum absolute atomic E-state index is 11.3. The van der Waals surface area contributed by atoms with E-state index in [2.05, 4.69) is 0 Å². The second kappa shape index (κ2) is 7.31. The molecule has 0 aliphatic heterocycles. The monoisotopic (exact) mass is 266 g/mol. The van der Waals surface area contributed by atoms with E-state index >= 15 is 0 Å². The molecule has 1 rings (SSSR count). The first-order valence-corrected chi connectivity index (χ1v) is 5.86. The van der Waals surface area contributed by atoms with Crippen LogP contribution in [0, 0.1) is 0 Å². The standard InChI is InChI=1S/C14H18O5/c1-5-18-13(15)9-10(2)19-12-8-6-7-11(16-3)14(12)17-4/h6-9H,5H2,1-4H3/b10-9-. The van der Waals surface area contributed by atoms with Gasteiger partial charge in [-0.3, -0.25) is 0 Å². The lowest BCUT2D eigenvalue weighted by Gasteiger charge is -2.13. The van der Waals surface area contributed by atoms with Crippen LogP contribution in [0.1, 0.15) is 13.8 Å². The number of methoxy groups -OCH3 is 2. The summed E-state index contributed by atoms with van der Waals surface area (Å²) in [5.74, 6) is 1.47. The van der Waals surface area contributed by atoms with Gasteiger partial charge in [-0.1, -0.05) is 6.07 Å². The fraction of sp³-hybridized carbons (Fsp3) is 0.357. The van der Waals surface area contributed by atoms with Crippen LogP contribution >= 0.6 is 0 Å². The molecule has 0 amide bonds. The summed E-state index contributed by atoms with van der Waals surface area (Å²) in [5, 5.41) is 0. The van der Waals surface area contributed by atoms with Gasteiger partial charge in [0, 0.05) is 0 Å². The Labute approximate surface area is 112 Å². The minimum absolute atomic E-state index is 0.324. The Balaban J connectivity index is 2.90. The van der Waals surface area contributed by atoms with E-state index in [1.807, 2.05) is 0 Å². The maximum Gasteiger partial charge on any atom is 0.334 e. The summed E-state index contributed by atoms with van der Waals surface area (Å²) < 4.78 is 20.7. The molecule has 0 heterocycles. The number of carbonyl (C=O) groups excluding carboxylic acids is 1. The van der Waals surface area contributed by atoms with Gasteiger partial charge in [-0.05, 0) is 26.0 Å². The molecule has 0 fully saturated rings. The van der Waals surface area contributed by atoms with Gasteiger partial charge in [0.05, 0.1) is 26.9 Å². The Hall–Kier alpha value is -2.17. The molecule has 0 aliphatic carbocycles. The van der Waals surface area contributed by atoms with Gasteiger partial charge in [0.2, 0.25) is 5.75 Å². The van der Waals surface area contributed by atoms with Crippen LogP contribution in [0.2, 0.25) is 0 Å². The highest BCUT2D eigenvalue weighted by atomic mass is 16.5. The van der Waals surface area contributed by atoms with E-state index in [4.69, 9.17) is 18.9 Å². The van der Waals surface area contributed by atoms with Crippen molar-refractivity contribution in [3.8, 4) is 17.2 Å². The molecule has 19 heavy (non-hydrogen) atoms. The van der Waals surface area contributed by atoms with E-state index in [0.717, 1.165) is 0 Å². The summed E-state index contributed by atoms with van der Waals surface area (Å²) in [6.45, 7) is 3.73. The molecule has 0 spiro atoms. The third kappa shape index (κ3) is 4.21. The van der Waals surface area contributed by atoms with Crippen molar-refractivity contribution >= 4 is 5.97 Å². The van der Waals surface area contributed by atoms with Gasteiger partial charge < -0.3 is 18.9 Å². The van der Waals surface area contributed by atoms with Crippen molar-refractivity contribution in [3.63, 3.8) is 0 Å². The van der Waals surface area contributed by atoms with Crippen LogP contribution in [-0.4, -0.2) is 26.8 Å². The third-order valence-corrected chi connectivity index (χ3v) is 2.25. The Kier molecular flexibility index (Phi) is 5.73. The van der Waals surface area contributed by atoms with Crippen LogP contribution < -0.4 is 14.2 Å². The molecule has 0 atom stereocenters. The molecule has 1 aromatic carbocycles. The first-order valence-electron chi connectivity index (χ1n) is 5.86. The molecule has 5 heteroatoms. The molecule has 0 N–H and O–H groups in total. The number of ether oxygens (including phenoxy) is 4. The number of benzene rings is 1. The smallest absolute Gasteiger partial charge is 0.334 e. The van der Waals surface area contributed by atoms with Crippen LogP contribution in [0.15, 0.2) is 30.0 Å². The molecule has 0 saturated carbocycles. The topological polar surface area (TPSA) is 54.0 Å². The molecule has 0 aliphatic rings. The van der Waals surface area contributed by atoms with Gasteiger partial charge in [0.25, 0.3) is 0 Å². The molecule has 0 aromatic heterocycles. The van der Waals surface area contributed by atoms with Gasteiger partial charge in [-0.15, -0.1) is 0 Å². The summed E-state index contributed by atoms with van der Waals surface area (Å²) in [4.78, 5) is 11.3. The zero-order chi connectivity index (χ0) is 14.3. The van der Waals surface area contributed by atoms with Crippen molar-refractivity contribution in [3.05, 3.63) is 30.0 Å². The molecular weight excluding hydrogens is 248 g/mol. The third-order valence-electron chi connectivity index (χ3n) is 2.25. The number of esters is 1. The van der Waals surface area contributed by atoms with Gasteiger partial charge >= 0.3 is 5.97 Å². The maximum atomic E-state index is 11.3. The Morgan fingerprint density at radius 3 is 2.47 bits per heavy atom. The van der Waals surface area contributed by atoms with E-state index in [0.29, 0.717) is 29.6 Å². The highest BCUT2D eigenvalue weighted by molar-refractivity contribution is 5.82. The minimum Gasteiger partial charge on any atom is -0.493 e. The molecule has 5 nitrogen and oxygen atoms in total. The molecule has 0 radical (unpaired) electrons. The molecule has 104 valence electrons. The molecule has 1 aromatic rings. The predicted molar refractivity (Wildman–Crippen MR) is 70.6 cm³/mol. The summed E-state index contributed by atoms with van der Waals surface area (Å²) in [6, 6.07) is 5.26. The summed E-state index contributed by atoms with van der Waals surface area (Å²) in [5.41, 5.74) is 0. The lowest BCUT2D eigenvalue weighted by atomic mass is 10.3. The Morgan fingerprint density at radius 1 is 1.21 bits per heavy atom. The molecule has 0 bridgehead atoms. The molecular formula is C14H18O5. The van der Waals surface area contributed by atoms with Crippen LogP contribution in [0.5, 0.6) is 17.2 Å². The summed E-state index contributed by atoms with van der Waals surface area (Å²) >= 11 is 0. The fourth-order valence-electron chi connectivity index (χ4n) is 1.49. The van der Waals surface area contributed by atoms with Gasteiger partial charge in [-0.25, -0.2) is 4.79 Å². The van der Waals surface area contributed by atoms with Crippen molar-refractivity contribution in [1.29, 1.82) is 0 Å². The number of allylic oxidation sites excluding steroid dienone is 1. The first-order chi connectivity index (χ1) is 9.12. The number of para-hydroxylation sites is 1. The van der Waals surface area contributed by atoms with E-state index in [1.54, 1.807) is 39.2 Å². The van der Waals surface area contributed by atoms with E-state index in [1.165, 1.54) is 13.2 Å². The molecule has 0 saturated heterocycles. The fourth-order valence-corrected chi connectivity index (χ4v) is 1.49. The highest BCUT2D eigenvalue weighted by Gasteiger charge is 2.11. The molecule has 0 unspecified atom stereocenters. The zero-order valence-corrected chi connectivity index (χ0v) is 11.6. The van der Waals surface area contributed by atoms with Crippen molar-refractivity contribution in [2.75, 3.05) is 20.8 Å². The van der Waals surface area contributed by atoms with Crippen molar-refractivity contribution in [1.82, 2.24) is 0 Å². The Bertz CT molecular complexity index is 465. The van der Waals surface area contributed by atoms with Crippen molar-refractivity contribution in [2.24, 2.45) is 0 Å². The largest absolute Gasteiger partial charge is 0.493 e. The SMILES string of the molecule is CCOC(=O)/C=C(/C)Oc1cccc(OC)c1OC. The summed E-state index contributed by atoms with van der Waals surface area (Å²) in [7, 11) is 3.07. The highest BCUT2D eigenvalue weighted by Crippen LogP contribution is 2.37. The van der Waals surface area contributed by atoms with Gasteiger partial charge in [0.15, 0.2) is 11.5 Å². The lowest BCUT2D eigenvalue weighted by Crippen LogP contribution is -2.03. The normalized spacial score (nSPS) is 10.8. The van der Waals surface area contributed by atoms with E-state index in [-0.39, 0.29) is 0 Å². The van der Waals surface area contributed by atoms with Crippen LogP contribution in [0.3, 0.4) is 0 Å². The van der Waals surface area contributed by atoms with Crippen LogP contribution in [-0.2, 0) is 9.53 Å². The Morgan fingerprint density at radius 2 is 1.89 bits per heavy atom. The second-order valence-corrected chi connectivity index (χ2v) is 3.60. The van der Waals surface area contributed by atoms with E-state index in [9.17, 15) is 4.79 Å². The van der Waals surface area contributed by atoms with E-state index < -0.39 is 5.97 Å². The average Bonchev–Trinajstić information content (AvgIpc) is 2.38. The first kappa shape index (κ1) is 14.9. The van der Waals surface area contributed by atoms with Crippen LogP contribution in [0.4, 0.5) is 0 Å². The quantitative estimate of drug-likeness (QED) is 0.450. The second-order valence-electron chi connectivity index (χ2n) is 3.60.